The van der Waals surface area contributed by atoms with Crippen LogP contribution in [-0.4, -0.2) is 17.7 Å². The van der Waals surface area contributed by atoms with Crippen LogP contribution < -0.4 is 0 Å². The van der Waals surface area contributed by atoms with Crippen LogP contribution in [0.25, 0.3) is 0 Å². The van der Waals surface area contributed by atoms with Crippen LogP contribution >= 0.6 is 0 Å². The third-order valence-corrected chi connectivity index (χ3v) is 3.22. The van der Waals surface area contributed by atoms with E-state index in [0.717, 1.165) is 24.0 Å². The molecule has 16 heavy (non-hydrogen) atoms. The Morgan fingerprint density at radius 2 is 2.12 bits per heavy atom. The van der Waals surface area contributed by atoms with Gasteiger partial charge in [0.05, 0.1) is 6.61 Å². The highest BCUT2D eigenvalue weighted by molar-refractivity contribution is 5.83. The molecule has 1 aliphatic rings. The van der Waals surface area contributed by atoms with Crippen molar-refractivity contribution in [1.82, 2.24) is 0 Å². The number of rotatable bonds is 4. The Balaban J connectivity index is 2.53. The van der Waals surface area contributed by atoms with Crippen molar-refractivity contribution in [3.63, 3.8) is 0 Å². The molecule has 86 valence electrons. The minimum absolute atomic E-state index is 0.294. The molecule has 1 fully saturated rings. The van der Waals surface area contributed by atoms with Crippen LogP contribution in [0.3, 0.4) is 0 Å². The van der Waals surface area contributed by atoms with Crippen molar-refractivity contribution >= 4 is 5.97 Å². The van der Waals surface area contributed by atoms with Gasteiger partial charge in [-0.15, -0.1) is 0 Å². The third kappa shape index (κ3) is 1.52. The van der Waals surface area contributed by atoms with Gasteiger partial charge in [0.2, 0.25) is 5.60 Å². The standard InChI is InChI=1S/C13H16O3/c1-3-9-6-5-7-11(10(9)4-2)13(8-16-13)12(14)15/h5-7H,3-4,8H2,1-2H3,(H,14,15). The predicted octanol–water partition coefficient (Wildman–Crippen LogP) is 2.12. The van der Waals surface area contributed by atoms with Gasteiger partial charge in [-0.05, 0) is 24.0 Å². The van der Waals surface area contributed by atoms with Gasteiger partial charge < -0.3 is 9.84 Å². The zero-order valence-corrected chi connectivity index (χ0v) is 9.62. The average molecular weight is 220 g/mol. The molecule has 1 aliphatic heterocycles. The number of epoxide rings is 1. The number of benzene rings is 1. The molecule has 1 aromatic rings. The molecule has 1 aromatic carbocycles. The molecule has 0 saturated carbocycles. The van der Waals surface area contributed by atoms with Gasteiger partial charge in [-0.25, -0.2) is 4.79 Å². The van der Waals surface area contributed by atoms with Gasteiger partial charge in [0.1, 0.15) is 0 Å². The van der Waals surface area contributed by atoms with Crippen molar-refractivity contribution in [3.8, 4) is 0 Å². The molecule has 0 spiro atoms. The summed E-state index contributed by atoms with van der Waals surface area (Å²) in [6.45, 7) is 4.43. The smallest absolute Gasteiger partial charge is 0.343 e. The Kier molecular flexibility index (Phi) is 2.72. The van der Waals surface area contributed by atoms with Crippen molar-refractivity contribution in [3.05, 3.63) is 34.9 Å². The number of aryl methyl sites for hydroxylation is 1. The molecule has 0 radical (unpaired) electrons. The van der Waals surface area contributed by atoms with E-state index in [2.05, 4.69) is 19.9 Å². The SMILES string of the molecule is CCc1cccc(C2(C(=O)O)CO2)c1CC. The Labute approximate surface area is 95.0 Å². The molecule has 0 aliphatic carbocycles. The lowest BCUT2D eigenvalue weighted by atomic mass is 9.89. The van der Waals surface area contributed by atoms with Gasteiger partial charge in [-0.3, -0.25) is 0 Å². The maximum atomic E-state index is 11.2. The van der Waals surface area contributed by atoms with E-state index in [4.69, 9.17) is 4.74 Å². The van der Waals surface area contributed by atoms with Crippen molar-refractivity contribution in [1.29, 1.82) is 0 Å². The quantitative estimate of drug-likeness (QED) is 0.791. The van der Waals surface area contributed by atoms with Gasteiger partial charge in [-0.2, -0.15) is 0 Å². The zero-order chi connectivity index (χ0) is 11.8. The summed E-state index contributed by atoms with van der Waals surface area (Å²) in [6, 6.07) is 5.85. The number of carbonyl (C=O) groups is 1. The lowest BCUT2D eigenvalue weighted by Gasteiger charge is -2.15. The molecule has 1 saturated heterocycles. The van der Waals surface area contributed by atoms with E-state index in [1.54, 1.807) is 0 Å². The van der Waals surface area contributed by atoms with Gasteiger partial charge in [0, 0.05) is 5.56 Å². The van der Waals surface area contributed by atoms with Crippen LogP contribution in [0.15, 0.2) is 18.2 Å². The van der Waals surface area contributed by atoms with Crippen LogP contribution in [0.5, 0.6) is 0 Å². The van der Waals surface area contributed by atoms with Crippen LogP contribution in [-0.2, 0) is 28.0 Å². The van der Waals surface area contributed by atoms with E-state index >= 15 is 0 Å². The first-order valence-corrected chi connectivity index (χ1v) is 5.64. The highest BCUT2D eigenvalue weighted by atomic mass is 16.6. The zero-order valence-electron chi connectivity index (χ0n) is 9.62. The summed E-state index contributed by atoms with van der Waals surface area (Å²) in [5.41, 5.74) is 2.12. The Morgan fingerprint density at radius 3 is 2.56 bits per heavy atom. The van der Waals surface area contributed by atoms with Crippen molar-refractivity contribution in [2.75, 3.05) is 6.61 Å². The summed E-state index contributed by atoms with van der Waals surface area (Å²) in [5.74, 6) is -0.879. The van der Waals surface area contributed by atoms with Crippen LogP contribution in [0.1, 0.15) is 30.5 Å². The molecule has 3 heteroatoms. The summed E-state index contributed by atoms with van der Waals surface area (Å²) in [6.07, 6.45) is 1.77. The summed E-state index contributed by atoms with van der Waals surface area (Å²) < 4.78 is 5.19. The molecule has 1 N–H and O–H groups in total. The lowest BCUT2D eigenvalue weighted by Crippen LogP contribution is -2.23. The van der Waals surface area contributed by atoms with Crippen molar-refractivity contribution in [2.45, 2.75) is 32.3 Å². The highest BCUT2D eigenvalue weighted by Gasteiger charge is 2.55. The second-order valence-corrected chi connectivity index (χ2v) is 4.07. The molecule has 1 heterocycles. The Bertz CT molecular complexity index is 419. The van der Waals surface area contributed by atoms with Gasteiger partial charge in [0.15, 0.2) is 0 Å². The molecule has 2 rings (SSSR count). The molecule has 1 atom stereocenters. The molecule has 3 nitrogen and oxygen atoms in total. The topological polar surface area (TPSA) is 49.8 Å². The lowest BCUT2D eigenvalue weighted by molar-refractivity contribution is -0.143. The van der Waals surface area contributed by atoms with Crippen LogP contribution in [0.2, 0.25) is 0 Å². The summed E-state index contributed by atoms with van der Waals surface area (Å²) in [4.78, 5) is 11.2. The van der Waals surface area contributed by atoms with Gasteiger partial charge in [-0.1, -0.05) is 32.0 Å². The molecular weight excluding hydrogens is 204 g/mol. The van der Waals surface area contributed by atoms with Crippen LogP contribution in [0, 0.1) is 0 Å². The maximum Gasteiger partial charge on any atom is 0.343 e. The minimum atomic E-state index is -1.06. The second kappa shape index (κ2) is 3.91. The van der Waals surface area contributed by atoms with Crippen molar-refractivity contribution < 1.29 is 14.6 Å². The highest BCUT2D eigenvalue weighted by Crippen LogP contribution is 2.41. The first-order chi connectivity index (χ1) is 7.65. The number of carboxylic acid groups (broad SMARTS) is 1. The fraction of sp³-hybridized carbons (Fsp3) is 0.462. The first-order valence-electron chi connectivity index (χ1n) is 5.64. The largest absolute Gasteiger partial charge is 0.479 e. The summed E-state index contributed by atoms with van der Waals surface area (Å²) in [5, 5.41) is 9.22. The number of ether oxygens (including phenoxy) is 1. The van der Waals surface area contributed by atoms with Gasteiger partial charge in [0.25, 0.3) is 0 Å². The third-order valence-electron chi connectivity index (χ3n) is 3.22. The van der Waals surface area contributed by atoms with E-state index in [1.165, 1.54) is 5.56 Å². The summed E-state index contributed by atoms with van der Waals surface area (Å²) in [7, 11) is 0. The molecule has 1 unspecified atom stereocenters. The van der Waals surface area contributed by atoms with Crippen molar-refractivity contribution in [2.24, 2.45) is 0 Å². The maximum absolute atomic E-state index is 11.2. The van der Waals surface area contributed by atoms with E-state index in [9.17, 15) is 9.90 Å². The van der Waals surface area contributed by atoms with E-state index in [-0.39, 0.29) is 0 Å². The van der Waals surface area contributed by atoms with Crippen LogP contribution in [0.4, 0.5) is 0 Å². The Morgan fingerprint density at radius 1 is 1.44 bits per heavy atom. The molecule has 0 aromatic heterocycles. The fourth-order valence-electron chi connectivity index (χ4n) is 2.23. The van der Waals surface area contributed by atoms with E-state index in [1.807, 2.05) is 12.1 Å². The summed E-state index contributed by atoms with van der Waals surface area (Å²) >= 11 is 0. The fourth-order valence-corrected chi connectivity index (χ4v) is 2.23. The number of carboxylic acids is 1. The predicted molar refractivity (Wildman–Crippen MR) is 60.5 cm³/mol. The van der Waals surface area contributed by atoms with Gasteiger partial charge >= 0.3 is 5.97 Å². The number of aliphatic carboxylic acids is 1. The number of hydrogen-bond acceptors (Lipinski definition) is 2. The minimum Gasteiger partial charge on any atom is -0.479 e. The normalized spacial score (nSPS) is 23.1. The Hall–Kier alpha value is -1.35. The monoisotopic (exact) mass is 220 g/mol. The molecule has 0 bridgehead atoms. The molecule has 0 amide bonds. The average Bonchev–Trinajstić information content (AvgIpc) is 3.09. The molecular formula is C13H16O3. The first kappa shape index (κ1) is 11.1. The van der Waals surface area contributed by atoms with E-state index in [0.29, 0.717) is 6.61 Å². The second-order valence-electron chi connectivity index (χ2n) is 4.07. The number of hydrogen-bond donors (Lipinski definition) is 1. The van der Waals surface area contributed by atoms with E-state index < -0.39 is 11.6 Å².